The number of carbonyl (C=O) groups excluding carboxylic acids is 1. The van der Waals surface area contributed by atoms with Gasteiger partial charge < -0.3 is 5.11 Å². The molecule has 0 saturated carbocycles. The Balaban J connectivity index is 3.37. The first-order valence-electron chi connectivity index (χ1n) is 3.62. The van der Waals surface area contributed by atoms with E-state index in [9.17, 15) is 9.90 Å². The second kappa shape index (κ2) is 4.62. The lowest BCUT2D eigenvalue weighted by molar-refractivity contribution is 0.102. The molecule has 0 bridgehead atoms. The first-order chi connectivity index (χ1) is 6.61. The number of ketones is 1. The summed E-state index contributed by atoms with van der Waals surface area (Å²) < 4.78 is 0.441. The van der Waals surface area contributed by atoms with Gasteiger partial charge in [-0.25, -0.2) is 0 Å². The SMILES string of the molecule is N#Cc1c(O)ccc(C(=O)CCl)c1I. The van der Waals surface area contributed by atoms with Crippen LogP contribution in [0.25, 0.3) is 0 Å². The average molecular weight is 322 g/mol. The van der Waals surface area contributed by atoms with E-state index in [2.05, 4.69) is 0 Å². The van der Waals surface area contributed by atoms with Crippen molar-refractivity contribution in [2.75, 3.05) is 5.88 Å². The summed E-state index contributed by atoms with van der Waals surface area (Å²) in [6.07, 6.45) is 0. The number of nitriles is 1. The first kappa shape index (κ1) is 11.3. The molecule has 0 saturated heterocycles. The molecule has 0 aliphatic rings. The van der Waals surface area contributed by atoms with E-state index < -0.39 is 0 Å². The summed E-state index contributed by atoms with van der Waals surface area (Å²) in [5.41, 5.74) is 0.483. The predicted molar refractivity (Wildman–Crippen MR) is 60.6 cm³/mol. The fraction of sp³-hybridized carbons (Fsp3) is 0.111. The number of hydrogen-bond acceptors (Lipinski definition) is 3. The number of hydrogen-bond donors (Lipinski definition) is 1. The van der Waals surface area contributed by atoms with Crippen molar-refractivity contribution in [1.82, 2.24) is 0 Å². The Morgan fingerprint density at radius 1 is 1.64 bits per heavy atom. The molecule has 0 amide bonds. The second-order valence-corrected chi connectivity index (χ2v) is 3.84. The van der Waals surface area contributed by atoms with Crippen LogP contribution in [0.5, 0.6) is 5.75 Å². The Morgan fingerprint density at radius 3 is 2.79 bits per heavy atom. The summed E-state index contributed by atoms with van der Waals surface area (Å²) >= 11 is 7.24. The van der Waals surface area contributed by atoms with Gasteiger partial charge in [-0.05, 0) is 34.7 Å². The lowest BCUT2D eigenvalue weighted by atomic mass is 10.1. The van der Waals surface area contributed by atoms with Gasteiger partial charge >= 0.3 is 0 Å². The molecule has 0 aliphatic heterocycles. The number of halogens is 2. The third kappa shape index (κ3) is 1.99. The van der Waals surface area contributed by atoms with E-state index >= 15 is 0 Å². The van der Waals surface area contributed by atoms with E-state index in [1.165, 1.54) is 12.1 Å². The third-order valence-electron chi connectivity index (χ3n) is 1.65. The molecule has 1 aromatic rings. The summed E-state index contributed by atoms with van der Waals surface area (Å²) in [5.74, 6) is -0.512. The Bertz CT molecular complexity index is 426. The molecule has 0 aromatic heterocycles. The van der Waals surface area contributed by atoms with Gasteiger partial charge in [0.25, 0.3) is 0 Å². The van der Waals surface area contributed by atoms with Crippen LogP contribution in [0.3, 0.4) is 0 Å². The molecule has 5 heteroatoms. The lowest BCUT2D eigenvalue weighted by Crippen LogP contribution is -2.04. The van der Waals surface area contributed by atoms with E-state index in [4.69, 9.17) is 16.9 Å². The molecule has 72 valence electrons. The van der Waals surface area contributed by atoms with Crippen LogP contribution in [0, 0.1) is 14.9 Å². The predicted octanol–water partition coefficient (Wildman–Crippen LogP) is 2.29. The second-order valence-electron chi connectivity index (χ2n) is 2.49. The summed E-state index contributed by atoms with van der Waals surface area (Å²) in [5, 5.41) is 18.0. The molecule has 14 heavy (non-hydrogen) atoms. The topological polar surface area (TPSA) is 61.1 Å². The van der Waals surface area contributed by atoms with Gasteiger partial charge in [-0.3, -0.25) is 4.79 Å². The summed E-state index contributed by atoms with van der Waals surface area (Å²) in [7, 11) is 0. The molecular formula is C9H5ClINO2. The van der Waals surface area contributed by atoms with E-state index in [1.807, 2.05) is 28.7 Å². The minimum Gasteiger partial charge on any atom is -0.507 e. The van der Waals surface area contributed by atoms with E-state index in [0.717, 1.165) is 0 Å². The summed E-state index contributed by atoms with van der Waals surface area (Å²) in [4.78, 5) is 11.3. The number of aromatic hydroxyl groups is 1. The molecule has 0 fully saturated rings. The Hall–Kier alpha value is -0.800. The van der Waals surface area contributed by atoms with Gasteiger partial charge in [0.2, 0.25) is 0 Å². The van der Waals surface area contributed by atoms with Crippen LogP contribution in [-0.2, 0) is 0 Å². The van der Waals surface area contributed by atoms with Crippen molar-refractivity contribution in [3.63, 3.8) is 0 Å². The van der Waals surface area contributed by atoms with Gasteiger partial charge in [0, 0.05) is 9.13 Å². The largest absolute Gasteiger partial charge is 0.507 e. The van der Waals surface area contributed by atoms with Crippen LogP contribution in [0.4, 0.5) is 0 Å². The standard InChI is InChI=1S/C9H5ClINO2/c10-3-8(14)5-1-2-7(13)6(4-12)9(5)11/h1-2,13H,3H2. The van der Waals surface area contributed by atoms with Crippen molar-refractivity contribution in [1.29, 1.82) is 5.26 Å². The molecule has 0 spiro atoms. The minimum atomic E-state index is -0.257. The molecule has 0 heterocycles. The number of Topliss-reactive ketones (excluding diaryl/α,β-unsaturated/α-hetero) is 1. The maximum Gasteiger partial charge on any atom is 0.178 e. The van der Waals surface area contributed by atoms with Gasteiger partial charge in [0.1, 0.15) is 17.4 Å². The van der Waals surface area contributed by atoms with Crippen molar-refractivity contribution in [2.24, 2.45) is 0 Å². The van der Waals surface area contributed by atoms with Gasteiger partial charge in [-0.1, -0.05) is 0 Å². The maximum absolute atomic E-state index is 11.3. The van der Waals surface area contributed by atoms with Crippen molar-refractivity contribution < 1.29 is 9.90 Å². The van der Waals surface area contributed by atoms with Crippen molar-refractivity contribution in [2.45, 2.75) is 0 Å². The number of nitrogens with zero attached hydrogens (tertiary/aromatic N) is 1. The number of carbonyl (C=O) groups is 1. The normalized spacial score (nSPS) is 9.50. The highest BCUT2D eigenvalue weighted by atomic mass is 127. The fourth-order valence-corrected chi connectivity index (χ4v) is 1.98. The maximum atomic E-state index is 11.3. The molecule has 0 aliphatic carbocycles. The Labute approximate surface area is 99.4 Å². The minimum absolute atomic E-state index is 0.113. The van der Waals surface area contributed by atoms with Crippen molar-refractivity contribution in [3.05, 3.63) is 26.8 Å². The smallest absolute Gasteiger partial charge is 0.178 e. The molecule has 1 N–H and O–H groups in total. The number of phenolic OH excluding ortho intramolecular Hbond substituents is 1. The van der Waals surface area contributed by atoms with Gasteiger partial charge in [-0.2, -0.15) is 5.26 Å². The molecule has 1 rings (SSSR count). The van der Waals surface area contributed by atoms with Gasteiger partial charge in [0.05, 0.1) is 5.88 Å². The zero-order valence-electron chi connectivity index (χ0n) is 6.92. The van der Waals surface area contributed by atoms with Crippen LogP contribution in [-0.4, -0.2) is 16.8 Å². The summed E-state index contributed by atoms with van der Waals surface area (Å²) in [6.45, 7) is 0. The molecule has 0 radical (unpaired) electrons. The van der Waals surface area contributed by atoms with Crippen LogP contribution in [0.1, 0.15) is 15.9 Å². The highest BCUT2D eigenvalue weighted by Crippen LogP contribution is 2.25. The zero-order valence-corrected chi connectivity index (χ0v) is 9.83. The van der Waals surface area contributed by atoms with Crippen LogP contribution in [0.15, 0.2) is 12.1 Å². The number of benzene rings is 1. The van der Waals surface area contributed by atoms with E-state index in [1.54, 1.807) is 0 Å². The van der Waals surface area contributed by atoms with Gasteiger partial charge in [0.15, 0.2) is 5.78 Å². The van der Waals surface area contributed by atoms with Gasteiger partial charge in [-0.15, -0.1) is 11.6 Å². The lowest BCUT2D eigenvalue weighted by Gasteiger charge is -2.04. The van der Waals surface area contributed by atoms with Crippen LogP contribution >= 0.6 is 34.2 Å². The average Bonchev–Trinajstić information content (AvgIpc) is 2.18. The number of rotatable bonds is 2. The summed E-state index contributed by atoms with van der Waals surface area (Å²) in [6, 6.07) is 4.61. The van der Waals surface area contributed by atoms with Crippen molar-refractivity contribution >= 4 is 40.0 Å². The zero-order chi connectivity index (χ0) is 10.7. The first-order valence-corrected chi connectivity index (χ1v) is 5.24. The number of phenols is 1. The highest BCUT2D eigenvalue weighted by Gasteiger charge is 2.14. The number of alkyl halides is 1. The fourth-order valence-electron chi connectivity index (χ4n) is 0.960. The van der Waals surface area contributed by atoms with E-state index in [-0.39, 0.29) is 23.0 Å². The van der Waals surface area contributed by atoms with Crippen LogP contribution < -0.4 is 0 Å². The third-order valence-corrected chi connectivity index (χ3v) is 3.02. The van der Waals surface area contributed by atoms with Crippen LogP contribution in [0.2, 0.25) is 0 Å². The molecule has 0 unspecified atom stereocenters. The Morgan fingerprint density at radius 2 is 2.29 bits per heavy atom. The molecular weight excluding hydrogens is 316 g/mol. The van der Waals surface area contributed by atoms with E-state index in [0.29, 0.717) is 9.13 Å². The molecule has 0 atom stereocenters. The quantitative estimate of drug-likeness (QED) is 0.516. The Kier molecular flexibility index (Phi) is 3.72. The monoisotopic (exact) mass is 321 g/mol. The molecule has 3 nitrogen and oxygen atoms in total. The highest BCUT2D eigenvalue weighted by molar-refractivity contribution is 14.1. The van der Waals surface area contributed by atoms with Crippen molar-refractivity contribution in [3.8, 4) is 11.8 Å². The molecule has 1 aromatic carbocycles.